The average Bonchev–Trinajstić information content (AvgIpc) is 3.59. The summed E-state index contributed by atoms with van der Waals surface area (Å²) in [6, 6.07) is 11.1. The molecule has 11 nitrogen and oxygen atoms in total. The van der Waals surface area contributed by atoms with Gasteiger partial charge in [0.05, 0.1) is 56.9 Å². The third kappa shape index (κ3) is 8.69. The first-order valence-electron chi connectivity index (χ1n) is 14.9. The molecule has 0 saturated carbocycles. The molecule has 4 aromatic rings. The molecule has 0 aliphatic carbocycles. The smallest absolute Gasteiger partial charge is 0.272 e. The van der Waals surface area contributed by atoms with Crippen molar-refractivity contribution in [2.45, 2.75) is 13.3 Å². The van der Waals surface area contributed by atoms with Gasteiger partial charge in [0.15, 0.2) is 11.6 Å². The van der Waals surface area contributed by atoms with E-state index in [9.17, 15) is 18.8 Å². The monoisotopic (exact) mass is 630 g/mol. The van der Waals surface area contributed by atoms with Crippen molar-refractivity contribution in [2.24, 2.45) is 14.1 Å². The lowest BCUT2D eigenvalue weighted by Gasteiger charge is -2.28. The molecule has 3 aromatic heterocycles. The lowest BCUT2D eigenvalue weighted by atomic mass is 10.1. The van der Waals surface area contributed by atoms with Crippen LogP contribution in [-0.4, -0.2) is 77.2 Å². The van der Waals surface area contributed by atoms with E-state index in [1.54, 1.807) is 84.2 Å². The fraction of sp³-hybridized carbons (Fsp3) is 0.294. The second kappa shape index (κ2) is 14.7. The van der Waals surface area contributed by atoms with Crippen LogP contribution in [0.2, 0.25) is 0 Å². The predicted octanol–water partition coefficient (Wildman–Crippen LogP) is 4.80. The molecule has 0 radical (unpaired) electrons. The quantitative estimate of drug-likeness (QED) is 0.145. The molecule has 242 valence electrons. The van der Waals surface area contributed by atoms with Crippen LogP contribution < -0.4 is 20.7 Å². The van der Waals surface area contributed by atoms with Crippen molar-refractivity contribution in [2.75, 3.05) is 51.5 Å². The van der Waals surface area contributed by atoms with Crippen molar-refractivity contribution in [1.82, 2.24) is 19.4 Å². The van der Waals surface area contributed by atoms with Crippen LogP contribution in [-0.2, 0) is 14.1 Å². The summed E-state index contributed by atoms with van der Waals surface area (Å²) in [5, 5.41) is 8.57. The number of hydrogen-bond acceptors (Lipinski definition) is 5. The first kappa shape index (κ1) is 33.7. The van der Waals surface area contributed by atoms with Gasteiger partial charge in [-0.05, 0) is 55.0 Å². The summed E-state index contributed by atoms with van der Waals surface area (Å²) in [4.78, 5) is 43.0. The zero-order valence-corrected chi connectivity index (χ0v) is 27.1. The fourth-order valence-corrected chi connectivity index (χ4v) is 4.67. The van der Waals surface area contributed by atoms with Crippen molar-refractivity contribution in [3.63, 3.8) is 0 Å². The molecule has 1 aromatic carbocycles. The minimum Gasteiger partial charge on any atom is -0.494 e. The van der Waals surface area contributed by atoms with Crippen molar-refractivity contribution in [3.8, 4) is 5.75 Å². The molecular formula is C34H41FN7O4+. The van der Waals surface area contributed by atoms with E-state index >= 15 is 0 Å². The first-order chi connectivity index (χ1) is 21.9. The molecule has 0 bridgehead atoms. The van der Waals surface area contributed by atoms with E-state index in [4.69, 9.17) is 4.74 Å². The molecule has 3 N–H and O–H groups in total. The fourth-order valence-electron chi connectivity index (χ4n) is 4.67. The van der Waals surface area contributed by atoms with Gasteiger partial charge in [-0.1, -0.05) is 12.1 Å². The Morgan fingerprint density at radius 3 is 2.17 bits per heavy atom. The van der Waals surface area contributed by atoms with Crippen LogP contribution in [0, 0.1) is 5.82 Å². The number of nitrogens with zero attached hydrogens (tertiary/aromatic N) is 4. The molecule has 0 unspecified atom stereocenters. The van der Waals surface area contributed by atoms with E-state index < -0.39 is 11.7 Å². The topological polar surface area (TPSA) is 119 Å². The molecule has 0 saturated heterocycles. The largest absolute Gasteiger partial charge is 0.494 e. The molecule has 3 heterocycles. The minimum absolute atomic E-state index is 0.148. The van der Waals surface area contributed by atoms with Gasteiger partial charge in [-0.2, -0.15) is 0 Å². The molecule has 3 amide bonds. The van der Waals surface area contributed by atoms with Crippen LogP contribution in [0.4, 0.5) is 15.8 Å². The van der Waals surface area contributed by atoms with Gasteiger partial charge in [0, 0.05) is 45.7 Å². The number of anilines is 2. The Kier molecular flexibility index (Phi) is 10.8. The summed E-state index contributed by atoms with van der Waals surface area (Å²) < 4.78 is 22.8. The van der Waals surface area contributed by atoms with E-state index in [0.717, 1.165) is 29.6 Å². The summed E-state index contributed by atoms with van der Waals surface area (Å²) in [5.41, 5.74) is 3.34. The summed E-state index contributed by atoms with van der Waals surface area (Å²) in [5.74, 6) is -1.28. The summed E-state index contributed by atoms with van der Waals surface area (Å²) >= 11 is 0. The number of ether oxygens (including phenoxy) is 1. The number of methoxy groups -OCH3 is 1. The molecule has 0 aliphatic heterocycles. The van der Waals surface area contributed by atoms with Crippen LogP contribution in [0.1, 0.15) is 55.9 Å². The molecule has 46 heavy (non-hydrogen) atoms. The van der Waals surface area contributed by atoms with Gasteiger partial charge in [0.25, 0.3) is 17.7 Å². The number of aromatic nitrogens is 3. The van der Waals surface area contributed by atoms with E-state index in [1.807, 2.05) is 0 Å². The van der Waals surface area contributed by atoms with Gasteiger partial charge in [-0.25, -0.2) is 4.39 Å². The molecular weight excluding hydrogens is 589 g/mol. The third-order valence-electron chi connectivity index (χ3n) is 7.74. The number of nitrogens with one attached hydrogen (secondary N) is 3. The lowest BCUT2D eigenvalue weighted by Crippen LogP contribution is -2.41. The third-order valence-corrected chi connectivity index (χ3v) is 7.74. The molecule has 12 heteroatoms. The number of pyridine rings is 1. The lowest BCUT2D eigenvalue weighted by molar-refractivity contribution is -0.888. The SMILES string of the molecule is CC[N+](C)(C)CCCNC(=O)c1cc(NC(=O)c2cc(NC(=O)c3ccc(C=Cc4ccc(F)c(OC)c4)nc3)cn2C)cn1C. The first-order valence-corrected chi connectivity index (χ1v) is 14.9. The molecule has 4 rings (SSSR count). The highest BCUT2D eigenvalue weighted by atomic mass is 19.1. The summed E-state index contributed by atoms with van der Waals surface area (Å²) in [7, 11) is 9.17. The Morgan fingerprint density at radius 2 is 1.57 bits per heavy atom. The maximum atomic E-state index is 13.6. The van der Waals surface area contributed by atoms with E-state index in [-0.39, 0.29) is 17.6 Å². The zero-order chi connectivity index (χ0) is 33.4. The molecule has 0 fully saturated rings. The Morgan fingerprint density at radius 1 is 0.913 bits per heavy atom. The number of amides is 3. The number of hydrogen-bond donors (Lipinski definition) is 3. The maximum Gasteiger partial charge on any atom is 0.272 e. The normalized spacial score (nSPS) is 11.5. The highest BCUT2D eigenvalue weighted by Gasteiger charge is 2.18. The summed E-state index contributed by atoms with van der Waals surface area (Å²) in [6.07, 6.45) is 9.13. The van der Waals surface area contributed by atoms with Gasteiger partial charge in [-0.15, -0.1) is 0 Å². The number of halogens is 1. The zero-order valence-electron chi connectivity index (χ0n) is 27.1. The van der Waals surface area contributed by atoms with Gasteiger partial charge in [-0.3, -0.25) is 19.4 Å². The number of carbonyl (C=O) groups excluding carboxylic acids is 3. The number of quaternary nitrogens is 1. The van der Waals surface area contributed by atoms with E-state index in [2.05, 4.69) is 42.0 Å². The Labute approximate surface area is 268 Å². The van der Waals surface area contributed by atoms with Crippen molar-refractivity contribution in [1.29, 1.82) is 0 Å². The Balaban J connectivity index is 1.33. The van der Waals surface area contributed by atoms with E-state index in [0.29, 0.717) is 40.6 Å². The predicted molar refractivity (Wildman–Crippen MR) is 177 cm³/mol. The number of carbonyl (C=O) groups is 3. The standard InChI is InChI=1S/C34H40FN7O4/c1-7-42(4,5)16-8-15-36-33(44)29-18-27(22-40(29)2)39-34(45)30-19-26(21-41(30)3)38-32(43)24-11-13-25(37-20-24)12-9-23-10-14-28(35)31(17-23)46-6/h9-14,17-22H,7-8,15-16H2,1-6H3,(H2-,36,38,39,43,44,45)/p+1. The van der Waals surface area contributed by atoms with Crippen LogP contribution in [0.3, 0.4) is 0 Å². The Hall–Kier alpha value is -5.23. The highest BCUT2D eigenvalue weighted by molar-refractivity contribution is 6.07. The van der Waals surface area contributed by atoms with E-state index in [1.165, 1.54) is 19.4 Å². The van der Waals surface area contributed by atoms with Crippen molar-refractivity contribution >= 4 is 41.2 Å². The highest BCUT2D eigenvalue weighted by Crippen LogP contribution is 2.21. The van der Waals surface area contributed by atoms with Gasteiger partial charge < -0.3 is 34.3 Å². The van der Waals surface area contributed by atoms with Crippen LogP contribution >= 0.6 is 0 Å². The van der Waals surface area contributed by atoms with Crippen molar-refractivity contribution < 1.29 is 28.0 Å². The van der Waals surface area contributed by atoms with Gasteiger partial charge in [0.1, 0.15) is 11.4 Å². The maximum absolute atomic E-state index is 13.6. The number of aryl methyl sites for hydroxylation is 2. The van der Waals surface area contributed by atoms with Crippen LogP contribution in [0.15, 0.2) is 61.1 Å². The number of rotatable bonds is 13. The van der Waals surface area contributed by atoms with Crippen LogP contribution in [0.25, 0.3) is 12.2 Å². The van der Waals surface area contributed by atoms with Crippen LogP contribution in [0.5, 0.6) is 5.75 Å². The van der Waals surface area contributed by atoms with Gasteiger partial charge >= 0.3 is 0 Å². The van der Waals surface area contributed by atoms with Gasteiger partial charge in [0.2, 0.25) is 0 Å². The number of benzene rings is 1. The minimum atomic E-state index is -0.442. The molecule has 0 aliphatic rings. The molecule has 0 atom stereocenters. The Bertz CT molecular complexity index is 1740. The second-order valence-electron chi connectivity index (χ2n) is 11.6. The second-order valence-corrected chi connectivity index (χ2v) is 11.6. The average molecular weight is 631 g/mol. The molecule has 0 spiro atoms. The van der Waals surface area contributed by atoms with Crippen molar-refractivity contribution in [3.05, 3.63) is 95.1 Å². The summed E-state index contributed by atoms with van der Waals surface area (Å²) in [6.45, 7) is 4.68.